The van der Waals surface area contributed by atoms with Gasteiger partial charge in [-0.15, -0.1) is 24.0 Å². The molecule has 0 heterocycles. The van der Waals surface area contributed by atoms with Crippen LogP contribution in [-0.2, 0) is 10.2 Å². The zero-order valence-corrected chi connectivity index (χ0v) is 18.9. The van der Waals surface area contributed by atoms with Crippen LogP contribution in [0.25, 0.3) is 0 Å². The van der Waals surface area contributed by atoms with Crippen LogP contribution in [0, 0.1) is 5.82 Å². The van der Waals surface area contributed by atoms with Crippen LogP contribution >= 0.6 is 24.0 Å². The standard InChI is InChI=1S/C21H31FN4O.HI/c1-2-23-20(24-14-19(27)26-18-9-4-3-5-10-18)25-15-21(11-12-21)16-7-6-8-17(22)13-16;/h6-8,13,18H,2-5,9-12,14-15H2,1H3,(H,26,27)(H2,23,24,25);1H. The Morgan fingerprint density at radius 1 is 1.21 bits per heavy atom. The lowest BCUT2D eigenvalue weighted by Crippen LogP contribution is -2.43. The highest BCUT2D eigenvalue weighted by Gasteiger charge is 2.44. The van der Waals surface area contributed by atoms with Gasteiger partial charge >= 0.3 is 0 Å². The molecule has 0 spiro atoms. The minimum Gasteiger partial charge on any atom is -0.357 e. The summed E-state index contributed by atoms with van der Waals surface area (Å²) >= 11 is 0. The Morgan fingerprint density at radius 2 is 1.96 bits per heavy atom. The van der Waals surface area contributed by atoms with E-state index in [0.717, 1.165) is 37.8 Å². The summed E-state index contributed by atoms with van der Waals surface area (Å²) in [5.74, 6) is 0.420. The molecule has 1 aromatic rings. The first-order chi connectivity index (χ1) is 13.1. The number of hydrogen-bond donors (Lipinski definition) is 3. The van der Waals surface area contributed by atoms with Crippen LogP contribution in [0.2, 0.25) is 0 Å². The van der Waals surface area contributed by atoms with Crippen LogP contribution in [0.5, 0.6) is 0 Å². The van der Waals surface area contributed by atoms with Crippen molar-refractivity contribution >= 4 is 35.8 Å². The Labute approximate surface area is 184 Å². The quantitative estimate of drug-likeness (QED) is 0.304. The first-order valence-electron chi connectivity index (χ1n) is 10.2. The van der Waals surface area contributed by atoms with Crippen molar-refractivity contribution < 1.29 is 9.18 Å². The van der Waals surface area contributed by atoms with Crippen LogP contribution in [0.4, 0.5) is 4.39 Å². The number of rotatable bonds is 7. The minimum absolute atomic E-state index is 0. The average molecular weight is 502 g/mol. The molecule has 2 fully saturated rings. The third kappa shape index (κ3) is 6.60. The molecule has 2 saturated carbocycles. The van der Waals surface area contributed by atoms with E-state index in [0.29, 0.717) is 18.5 Å². The van der Waals surface area contributed by atoms with E-state index in [9.17, 15) is 9.18 Å². The van der Waals surface area contributed by atoms with Crippen molar-refractivity contribution in [2.75, 3.05) is 19.6 Å². The first-order valence-corrected chi connectivity index (χ1v) is 10.2. The second-order valence-electron chi connectivity index (χ2n) is 7.74. The summed E-state index contributed by atoms with van der Waals surface area (Å²) in [5.41, 5.74) is 1.00. The summed E-state index contributed by atoms with van der Waals surface area (Å²) in [6.45, 7) is 3.53. The van der Waals surface area contributed by atoms with E-state index in [1.165, 1.54) is 25.3 Å². The molecule has 3 N–H and O–H groups in total. The first kappa shape index (κ1) is 22.9. The predicted molar refractivity (Wildman–Crippen MR) is 122 cm³/mol. The molecule has 0 atom stereocenters. The fraction of sp³-hybridized carbons (Fsp3) is 0.619. The van der Waals surface area contributed by atoms with Gasteiger partial charge in [-0.2, -0.15) is 0 Å². The van der Waals surface area contributed by atoms with Gasteiger partial charge in [0.15, 0.2) is 5.96 Å². The molecule has 156 valence electrons. The maximum absolute atomic E-state index is 13.5. The maximum Gasteiger partial charge on any atom is 0.242 e. The number of nitrogens with zero attached hydrogens (tertiary/aromatic N) is 1. The molecule has 0 unspecified atom stereocenters. The lowest BCUT2D eigenvalue weighted by atomic mass is 9.95. The Hall–Kier alpha value is -1.38. The van der Waals surface area contributed by atoms with Crippen LogP contribution in [0.15, 0.2) is 29.3 Å². The van der Waals surface area contributed by atoms with Crippen molar-refractivity contribution in [1.29, 1.82) is 0 Å². The Kier molecular flexibility index (Phi) is 8.98. The van der Waals surface area contributed by atoms with Crippen molar-refractivity contribution in [3.63, 3.8) is 0 Å². The van der Waals surface area contributed by atoms with Crippen molar-refractivity contribution in [2.45, 2.75) is 63.3 Å². The SMILES string of the molecule is CCNC(=NCC(=O)NC1CCCCC1)NCC1(c2cccc(F)c2)CC1.I. The lowest BCUT2D eigenvalue weighted by Gasteiger charge is -2.22. The Morgan fingerprint density at radius 3 is 2.61 bits per heavy atom. The molecular formula is C21H32FIN4O. The summed E-state index contributed by atoms with van der Waals surface area (Å²) in [7, 11) is 0. The Bertz CT molecular complexity index is 672. The van der Waals surface area contributed by atoms with E-state index in [2.05, 4.69) is 20.9 Å². The molecule has 5 nitrogen and oxygen atoms in total. The highest BCUT2D eigenvalue weighted by Crippen LogP contribution is 2.47. The van der Waals surface area contributed by atoms with Crippen molar-refractivity contribution in [3.8, 4) is 0 Å². The van der Waals surface area contributed by atoms with Gasteiger partial charge in [-0.3, -0.25) is 4.79 Å². The monoisotopic (exact) mass is 502 g/mol. The summed E-state index contributed by atoms with van der Waals surface area (Å²) in [6.07, 6.45) is 7.87. The molecule has 1 aromatic carbocycles. The van der Waals surface area contributed by atoms with E-state index in [4.69, 9.17) is 0 Å². The molecular weight excluding hydrogens is 470 g/mol. The van der Waals surface area contributed by atoms with E-state index in [1.54, 1.807) is 12.1 Å². The number of guanidine groups is 1. The van der Waals surface area contributed by atoms with Crippen molar-refractivity contribution in [1.82, 2.24) is 16.0 Å². The highest BCUT2D eigenvalue weighted by molar-refractivity contribution is 14.0. The summed E-state index contributed by atoms with van der Waals surface area (Å²) in [4.78, 5) is 16.6. The van der Waals surface area contributed by atoms with E-state index in [-0.39, 0.29) is 47.7 Å². The number of halogens is 2. The van der Waals surface area contributed by atoms with Crippen molar-refractivity contribution in [2.24, 2.45) is 4.99 Å². The molecule has 28 heavy (non-hydrogen) atoms. The molecule has 7 heteroatoms. The molecule has 0 saturated heterocycles. The third-order valence-electron chi connectivity index (χ3n) is 5.58. The lowest BCUT2D eigenvalue weighted by molar-refractivity contribution is -0.120. The molecule has 0 radical (unpaired) electrons. The smallest absolute Gasteiger partial charge is 0.242 e. The summed E-state index contributed by atoms with van der Waals surface area (Å²) in [5, 5.41) is 9.62. The molecule has 2 aliphatic carbocycles. The molecule has 3 rings (SSSR count). The van der Waals surface area contributed by atoms with Gasteiger partial charge in [-0.1, -0.05) is 31.4 Å². The van der Waals surface area contributed by atoms with Crippen molar-refractivity contribution in [3.05, 3.63) is 35.6 Å². The highest BCUT2D eigenvalue weighted by atomic mass is 127. The van der Waals surface area contributed by atoms with Gasteiger partial charge in [-0.25, -0.2) is 9.38 Å². The minimum atomic E-state index is -0.196. The zero-order valence-electron chi connectivity index (χ0n) is 16.6. The number of hydrogen-bond acceptors (Lipinski definition) is 2. The van der Waals surface area contributed by atoms with Gasteiger partial charge in [0, 0.05) is 24.5 Å². The number of nitrogens with one attached hydrogen (secondary N) is 3. The second kappa shape index (κ2) is 11.0. The van der Waals surface area contributed by atoms with Crippen LogP contribution in [-0.4, -0.2) is 37.5 Å². The van der Waals surface area contributed by atoms with E-state index < -0.39 is 0 Å². The largest absolute Gasteiger partial charge is 0.357 e. The van der Waals surface area contributed by atoms with Gasteiger partial charge in [0.05, 0.1) is 0 Å². The van der Waals surface area contributed by atoms with Crippen LogP contribution in [0.3, 0.4) is 0 Å². The normalized spacial score (nSPS) is 18.7. The zero-order chi connectivity index (χ0) is 19.1. The van der Waals surface area contributed by atoms with Crippen LogP contribution in [0.1, 0.15) is 57.4 Å². The number of benzene rings is 1. The number of carbonyl (C=O) groups is 1. The third-order valence-corrected chi connectivity index (χ3v) is 5.58. The predicted octanol–water partition coefficient (Wildman–Crippen LogP) is 3.48. The van der Waals surface area contributed by atoms with Gasteiger partial charge in [0.25, 0.3) is 0 Å². The van der Waals surface area contributed by atoms with Gasteiger partial charge in [0.2, 0.25) is 5.91 Å². The maximum atomic E-state index is 13.5. The molecule has 0 bridgehead atoms. The molecule has 0 aromatic heterocycles. The average Bonchev–Trinajstić information content (AvgIpc) is 3.46. The van der Waals surface area contributed by atoms with Crippen LogP contribution < -0.4 is 16.0 Å². The van der Waals surface area contributed by atoms with E-state index in [1.807, 2.05) is 13.0 Å². The fourth-order valence-electron chi connectivity index (χ4n) is 3.80. The van der Waals surface area contributed by atoms with E-state index >= 15 is 0 Å². The topological polar surface area (TPSA) is 65.5 Å². The fourth-order valence-corrected chi connectivity index (χ4v) is 3.80. The number of amides is 1. The molecule has 0 aliphatic heterocycles. The van der Waals surface area contributed by atoms with Gasteiger partial charge in [-0.05, 0) is 50.3 Å². The second-order valence-corrected chi connectivity index (χ2v) is 7.74. The van der Waals surface area contributed by atoms with Gasteiger partial charge in [0.1, 0.15) is 12.4 Å². The number of aliphatic imine (C=N–C) groups is 1. The molecule has 2 aliphatic rings. The summed E-state index contributed by atoms with van der Waals surface area (Å²) in [6, 6.07) is 7.15. The Balaban J connectivity index is 0.00000280. The molecule has 1 amide bonds. The number of carbonyl (C=O) groups excluding carboxylic acids is 1. The van der Waals surface area contributed by atoms with Gasteiger partial charge < -0.3 is 16.0 Å². The summed E-state index contributed by atoms with van der Waals surface area (Å²) < 4.78 is 13.5.